The second kappa shape index (κ2) is 7.95. The van der Waals surface area contributed by atoms with Gasteiger partial charge >= 0.3 is 0 Å². The number of aromatic nitrogens is 3. The predicted octanol–water partition coefficient (Wildman–Crippen LogP) is 4.21. The molecule has 0 bridgehead atoms. The van der Waals surface area contributed by atoms with Crippen molar-refractivity contribution in [3.63, 3.8) is 0 Å². The van der Waals surface area contributed by atoms with Gasteiger partial charge < -0.3 is 10.3 Å². The molecule has 5 rings (SSSR count). The fourth-order valence-corrected chi connectivity index (χ4v) is 3.95. The lowest BCUT2D eigenvalue weighted by Crippen LogP contribution is -2.31. The molecule has 0 spiro atoms. The summed E-state index contributed by atoms with van der Waals surface area (Å²) in [5, 5.41) is 2.88. The second-order valence-electron chi connectivity index (χ2n) is 7.49. The van der Waals surface area contributed by atoms with Crippen LogP contribution in [-0.2, 0) is 19.3 Å². The highest BCUT2D eigenvalue weighted by Gasteiger charge is 2.20. The zero-order valence-corrected chi connectivity index (χ0v) is 16.6. The molecule has 4 aromatic rings. The van der Waals surface area contributed by atoms with Gasteiger partial charge in [0.25, 0.3) is 5.91 Å². The summed E-state index contributed by atoms with van der Waals surface area (Å²) in [6.07, 6.45) is 4.48. The Labute approximate surface area is 175 Å². The summed E-state index contributed by atoms with van der Waals surface area (Å²) in [5.74, 6) is 0.674. The standard InChI is InChI=1S/C25H22N4O/c30-25-20-16-23(28-21(20)12-15-27-25)22-13-14-26-24(29-22)19-9-5-4-8-18(19)11-10-17-6-2-1-3-7-17/h1-9,13-14,16,28H,10-12,15H2,(H,27,30). The Morgan fingerprint density at radius 3 is 2.60 bits per heavy atom. The molecular weight excluding hydrogens is 372 g/mol. The number of nitrogens with one attached hydrogen (secondary N) is 2. The van der Waals surface area contributed by atoms with Gasteiger partial charge in [0.15, 0.2) is 5.82 Å². The number of hydrogen-bond acceptors (Lipinski definition) is 3. The fourth-order valence-electron chi connectivity index (χ4n) is 3.95. The van der Waals surface area contributed by atoms with E-state index in [9.17, 15) is 4.79 Å². The third-order valence-corrected chi connectivity index (χ3v) is 5.52. The first-order valence-electron chi connectivity index (χ1n) is 10.2. The highest BCUT2D eigenvalue weighted by Crippen LogP contribution is 2.26. The quantitative estimate of drug-likeness (QED) is 0.533. The van der Waals surface area contributed by atoms with Crippen molar-refractivity contribution in [1.29, 1.82) is 0 Å². The molecule has 5 nitrogen and oxygen atoms in total. The monoisotopic (exact) mass is 394 g/mol. The van der Waals surface area contributed by atoms with Gasteiger partial charge in [-0.15, -0.1) is 0 Å². The molecule has 3 heterocycles. The number of aryl methyl sites for hydroxylation is 2. The van der Waals surface area contributed by atoms with Gasteiger partial charge in [0.05, 0.1) is 17.0 Å². The molecule has 1 aliphatic heterocycles. The maximum Gasteiger partial charge on any atom is 0.253 e. The van der Waals surface area contributed by atoms with Crippen LogP contribution < -0.4 is 5.32 Å². The van der Waals surface area contributed by atoms with E-state index in [1.807, 2.05) is 24.3 Å². The van der Waals surface area contributed by atoms with Crippen molar-refractivity contribution >= 4 is 5.91 Å². The highest BCUT2D eigenvalue weighted by atomic mass is 16.1. The largest absolute Gasteiger partial charge is 0.356 e. The van der Waals surface area contributed by atoms with Gasteiger partial charge in [-0.3, -0.25) is 4.79 Å². The molecular formula is C25H22N4O. The van der Waals surface area contributed by atoms with E-state index in [0.29, 0.717) is 17.9 Å². The lowest BCUT2D eigenvalue weighted by Gasteiger charge is -2.11. The van der Waals surface area contributed by atoms with Crippen LogP contribution in [0, 0.1) is 0 Å². The minimum atomic E-state index is -0.0284. The molecule has 2 N–H and O–H groups in total. The zero-order valence-electron chi connectivity index (χ0n) is 16.6. The molecule has 1 amide bonds. The van der Waals surface area contributed by atoms with Gasteiger partial charge in [-0.05, 0) is 36.1 Å². The average molecular weight is 394 g/mol. The number of H-pyrrole nitrogens is 1. The van der Waals surface area contributed by atoms with Gasteiger partial charge in [-0.1, -0.05) is 54.6 Å². The van der Waals surface area contributed by atoms with E-state index < -0.39 is 0 Å². The first-order valence-corrected chi connectivity index (χ1v) is 10.2. The van der Waals surface area contributed by atoms with Gasteiger partial charge in [-0.2, -0.15) is 0 Å². The topological polar surface area (TPSA) is 70.7 Å². The van der Waals surface area contributed by atoms with Gasteiger partial charge in [0.1, 0.15) is 0 Å². The molecule has 5 heteroatoms. The summed E-state index contributed by atoms with van der Waals surface area (Å²) in [7, 11) is 0. The van der Waals surface area contributed by atoms with Crippen molar-refractivity contribution in [2.24, 2.45) is 0 Å². The molecule has 0 aliphatic carbocycles. The molecule has 1 aliphatic rings. The Bertz CT molecular complexity index is 1200. The number of nitrogens with zero attached hydrogens (tertiary/aromatic N) is 2. The predicted molar refractivity (Wildman–Crippen MR) is 117 cm³/mol. The van der Waals surface area contributed by atoms with E-state index in [4.69, 9.17) is 4.98 Å². The number of hydrogen-bond donors (Lipinski definition) is 2. The van der Waals surface area contributed by atoms with Crippen molar-refractivity contribution < 1.29 is 4.79 Å². The van der Waals surface area contributed by atoms with E-state index in [-0.39, 0.29) is 5.91 Å². The van der Waals surface area contributed by atoms with Crippen LogP contribution in [0.15, 0.2) is 72.9 Å². The van der Waals surface area contributed by atoms with Crippen LogP contribution in [0.2, 0.25) is 0 Å². The van der Waals surface area contributed by atoms with Crippen LogP contribution in [0.4, 0.5) is 0 Å². The van der Waals surface area contributed by atoms with Crippen LogP contribution in [0.3, 0.4) is 0 Å². The summed E-state index contributed by atoms with van der Waals surface area (Å²) in [5.41, 5.74) is 6.91. The Kier molecular flexibility index (Phi) is 4.85. The summed E-state index contributed by atoms with van der Waals surface area (Å²) in [6.45, 7) is 0.662. The third kappa shape index (κ3) is 3.62. The number of aromatic amines is 1. The second-order valence-corrected chi connectivity index (χ2v) is 7.49. The molecule has 30 heavy (non-hydrogen) atoms. The summed E-state index contributed by atoms with van der Waals surface area (Å²) >= 11 is 0. The van der Waals surface area contributed by atoms with Gasteiger partial charge in [-0.25, -0.2) is 9.97 Å². The fraction of sp³-hybridized carbons (Fsp3) is 0.160. The molecule has 0 saturated heterocycles. The smallest absolute Gasteiger partial charge is 0.253 e. The van der Waals surface area contributed by atoms with Crippen LogP contribution in [0.5, 0.6) is 0 Å². The first-order chi connectivity index (χ1) is 14.8. The van der Waals surface area contributed by atoms with Crippen molar-refractivity contribution in [2.45, 2.75) is 19.3 Å². The molecule has 148 valence electrons. The van der Waals surface area contributed by atoms with Gasteiger partial charge in [0.2, 0.25) is 0 Å². The molecule has 2 aromatic carbocycles. The lowest BCUT2D eigenvalue weighted by molar-refractivity contribution is 0.0946. The lowest BCUT2D eigenvalue weighted by atomic mass is 9.99. The number of benzene rings is 2. The van der Waals surface area contributed by atoms with E-state index >= 15 is 0 Å². The molecule has 0 saturated carbocycles. The first kappa shape index (κ1) is 18.3. The highest BCUT2D eigenvalue weighted by molar-refractivity contribution is 5.97. The molecule has 0 radical (unpaired) electrons. The zero-order chi connectivity index (χ0) is 20.3. The van der Waals surface area contributed by atoms with Crippen LogP contribution in [0.25, 0.3) is 22.8 Å². The van der Waals surface area contributed by atoms with Crippen molar-refractivity contribution in [3.8, 4) is 22.8 Å². The Hall–Kier alpha value is -3.73. The van der Waals surface area contributed by atoms with E-state index in [1.54, 1.807) is 6.20 Å². The summed E-state index contributed by atoms with van der Waals surface area (Å²) in [6, 6.07) is 22.6. The van der Waals surface area contributed by atoms with Crippen LogP contribution in [-0.4, -0.2) is 27.4 Å². The Morgan fingerprint density at radius 2 is 1.73 bits per heavy atom. The number of carbonyl (C=O) groups excluding carboxylic acids is 1. The Balaban J connectivity index is 1.45. The minimum Gasteiger partial charge on any atom is -0.356 e. The summed E-state index contributed by atoms with van der Waals surface area (Å²) < 4.78 is 0. The van der Waals surface area contributed by atoms with Crippen molar-refractivity contribution in [1.82, 2.24) is 20.3 Å². The molecule has 2 aromatic heterocycles. The Morgan fingerprint density at radius 1 is 0.900 bits per heavy atom. The van der Waals surface area contributed by atoms with Crippen molar-refractivity contribution in [3.05, 3.63) is 95.3 Å². The van der Waals surface area contributed by atoms with Crippen LogP contribution >= 0.6 is 0 Å². The van der Waals surface area contributed by atoms with E-state index in [2.05, 4.69) is 57.7 Å². The number of rotatable bonds is 5. The molecule has 0 atom stereocenters. The summed E-state index contributed by atoms with van der Waals surface area (Å²) in [4.78, 5) is 24.8. The van der Waals surface area contributed by atoms with E-state index in [0.717, 1.165) is 41.9 Å². The average Bonchev–Trinajstić information content (AvgIpc) is 3.25. The number of carbonyl (C=O) groups is 1. The SMILES string of the molecule is O=C1NCCc2[nH]c(-c3ccnc(-c4ccccc4CCc4ccccc4)n3)cc21. The third-order valence-electron chi connectivity index (χ3n) is 5.52. The molecule has 0 unspecified atom stereocenters. The van der Waals surface area contributed by atoms with Crippen LogP contribution in [0.1, 0.15) is 27.2 Å². The van der Waals surface area contributed by atoms with E-state index in [1.165, 1.54) is 11.1 Å². The maximum atomic E-state index is 12.1. The maximum absolute atomic E-state index is 12.1. The normalized spacial score (nSPS) is 13.0. The minimum absolute atomic E-state index is 0.0284. The van der Waals surface area contributed by atoms with Crippen molar-refractivity contribution in [2.75, 3.05) is 6.54 Å². The number of amides is 1. The molecule has 0 fully saturated rings. The van der Waals surface area contributed by atoms with Gasteiger partial charge in [0, 0.05) is 30.4 Å². The number of fused-ring (bicyclic) bond motifs is 1.